The monoisotopic (exact) mass is 660 g/mol. The molecule has 3 heterocycles. The molecule has 240 valence electrons. The van der Waals surface area contributed by atoms with E-state index in [1.807, 2.05) is 0 Å². The number of fused-ring (bicyclic) bond motifs is 11. The SMILES string of the molecule is c1cc(-c2ncc3c4c(cccc24)-c2ccccc2-3)cc(-n2c3ccccc3c3cc(-c4ccc5oc6ccc7ccccc7c6c5c4)ccc32)c1. The van der Waals surface area contributed by atoms with Crippen LogP contribution in [0.25, 0.3) is 116 Å². The smallest absolute Gasteiger partial charge is 0.136 e. The molecular weight excluding hydrogens is 633 g/mol. The van der Waals surface area contributed by atoms with Gasteiger partial charge in [-0.15, -0.1) is 0 Å². The van der Waals surface area contributed by atoms with E-state index in [2.05, 4.69) is 175 Å². The van der Waals surface area contributed by atoms with E-state index in [9.17, 15) is 0 Å². The highest BCUT2D eigenvalue weighted by Gasteiger charge is 2.23. The van der Waals surface area contributed by atoms with Gasteiger partial charge in [-0.25, -0.2) is 0 Å². The predicted octanol–water partition coefficient (Wildman–Crippen LogP) is 13.4. The van der Waals surface area contributed by atoms with Crippen molar-refractivity contribution in [2.45, 2.75) is 0 Å². The van der Waals surface area contributed by atoms with Gasteiger partial charge < -0.3 is 8.98 Å². The van der Waals surface area contributed by atoms with Crippen LogP contribution < -0.4 is 0 Å². The fourth-order valence-corrected chi connectivity index (χ4v) is 8.86. The first-order valence-electron chi connectivity index (χ1n) is 17.8. The third-order valence-corrected chi connectivity index (χ3v) is 11.2. The second-order valence-electron chi connectivity index (χ2n) is 13.9. The highest BCUT2D eigenvalue weighted by atomic mass is 16.3. The summed E-state index contributed by atoms with van der Waals surface area (Å²) in [4.78, 5) is 5.11. The first-order chi connectivity index (χ1) is 25.8. The first kappa shape index (κ1) is 27.8. The molecule has 3 aromatic heterocycles. The van der Waals surface area contributed by atoms with Crippen molar-refractivity contribution >= 4 is 65.3 Å². The number of furan rings is 1. The summed E-state index contributed by atoms with van der Waals surface area (Å²) in [7, 11) is 0. The van der Waals surface area contributed by atoms with E-state index >= 15 is 0 Å². The van der Waals surface area contributed by atoms with Gasteiger partial charge in [-0.2, -0.15) is 0 Å². The maximum atomic E-state index is 6.32. The van der Waals surface area contributed by atoms with E-state index < -0.39 is 0 Å². The summed E-state index contributed by atoms with van der Waals surface area (Å²) >= 11 is 0. The van der Waals surface area contributed by atoms with Crippen LogP contribution in [0.15, 0.2) is 174 Å². The topological polar surface area (TPSA) is 31.0 Å². The Morgan fingerprint density at radius 3 is 2.02 bits per heavy atom. The van der Waals surface area contributed by atoms with Gasteiger partial charge in [0.05, 0.1) is 16.7 Å². The van der Waals surface area contributed by atoms with Crippen molar-refractivity contribution in [2.75, 3.05) is 0 Å². The lowest BCUT2D eigenvalue weighted by Gasteiger charge is -2.12. The number of rotatable bonds is 3. The molecule has 12 rings (SSSR count). The molecule has 52 heavy (non-hydrogen) atoms. The number of para-hydroxylation sites is 1. The Labute approximate surface area is 298 Å². The van der Waals surface area contributed by atoms with E-state index in [-0.39, 0.29) is 0 Å². The maximum absolute atomic E-state index is 6.32. The average molecular weight is 661 g/mol. The second kappa shape index (κ2) is 10.3. The van der Waals surface area contributed by atoms with Crippen molar-refractivity contribution in [1.82, 2.24) is 9.55 Å². The Balaban J connectivity index is 1.02. The largest absolute Gasteiger partial charge is 0.456 e. The van der Waals surface area contributed by atoms with Crippen molar-refractivity contribution in [3.8, 4) is 50.3 Å². The quantitative estimate of drug-likeness (QED) is 0.189. The molecule has 0 fully saturated rings. The molecule has 0 N–H and O–H groups in total. The normalized spacial score (nSPS) is 12.2. The molecule has 0 amide bonds. The second-order valence-corrected chi connectivity index (χ2v) is 13.9. The Hall–Kier alpha value is -6.97. The average Bonchev–Trinajstić information content (AvgIpc) is 3.86. The molecule has 0 atom stereocenters. The highest BCUT2D eigenvalue weighted by molar-refractivity contribution is 6.20. The molecule has 3 heteroatoms. The zero-order valence-electron chi connectivity index (χ0n) is 28.0. The maximum Gasteiger partial charge on any atom is 0.136 e. The van der Waals surface area contributed by atoms with Gasteiger partial charge in [0.25, 0.3) is 0 Å². The van der Waals surface area contributed by atoms with Gasteiger partial charge in [0.2, 0.25) is 0 Å². The molecule has 0 spiro atoms. The van der Waals surface area contributed by atoms with E-state index in [1.165, 1.54) is 82.1 Å². The number of hydrogen-bond donors (Lipinski definition) is 0. The molecule has 8 aromatic carbocycles. The summed E-state index contributed by atoms with van der Waals surface area (Å²) < 4.78 is 8.71. The minimum Gasteiger partial charge on any atom is -0.456 e. The molecule has 0 saturated heterocycles. The third kappa shape index (κ3) is 3.77. The fraction of sp³-hybridized carbons (Fsp3) is 0. The van der Waals surface area contributed by atoms with Gasteiger partial charge in [-0.05, 0) is 87.1 Å². The van der Waals surface area contributed by atoms with Crippen LogP contribution in [0.5, 0.6) is 0 Å². The molecule has 0 unspecified atom stereocenters. The standard InChI is InChI=1S/C49H28N2O/c1-2-12-34-29(9-1)20-24-46-48(34)41-27-31(21-23-45(41)52-46)30-19-22-44-40(26-30)37-15-5-6-18-43(37)51(44)33-11-7-10-32(25-33)49-39-17-8-16-38-35-13-3-4-14-36(35)42(28-50-49)47(38)39/h1-28H. The molecule has 1 aliphatic carbocycles. The molecule has 1 aliphatic rings. The van der Waals surface area contributed by atoms with Crippen LogP contribution in [0.1, 0.15) is 0 Å². The van der Waals surface area contributed by atoms with Gasteiger partial charge in [-0.3, -0.25) is 4.98 Å². The van der Waals surface area contributed by atoms with Crippen molar-refractivity contribution < 1.29 is 4.42 Å². The number of benzene rings is 8. The molecule has 0 saturated carbocycles. The van der Waals surface area contributed by atoms with Crippen LogP contribution in [0.3, 0.4) is 0 Å². The summed E-state index contributed by atoms with van der Waals surface area (Å²) in [5.74, 6) is 0. The van der Waals surface area contributed by atoms with Crippen LogP contribution in [0, 0.1) is 0 Å². The van der Waals surface area contributed by atoms with E-state index in [4.69, 9.17) is 9.40 Å². The molecule has 0 aliphatic heterocycles. The molecule has 3 nitrogen and oxygen atoms in total. The van der Waals surface area contributed by atoms with Crippen molar-refractivity contribution in [2.24, 2.45) is 0 Å². The summed E-state index contributed by atoms with van der Waals surface area (Å²) in [5, 5.41) is 9.68. The number of nitrogens with zero attached hydrogens (tertiary/aromatic N) is 2. The van der Waals surface area contributed by atoms with Crippen molar-refractivity contribution in [3.63, 3.8) is 0 Å². The Bertz CT molecular complexity index is 3280. The first-order valence-corrected chi connectivity index (χ1v) is 17.8. The fourth-order valence-electron chi connectivity index (χ4n) is 8.86. The predicted molar refractivity (Wildman–Crippen MR) is 216 cm³/mol. The van der Waals surface area contributed by atoms with Crippen LogP contribution in [0.2, 0.25) is 0 Å². The Morgan fingerprint density at radius 1 is 0.404 bits per heavy atom. The summed E-state index contributed by atoms with van der Waals surface area (Å²) in [6.45, 7) is 0. The minimum absolute atomic E-state index is 0.909. The highest BCUT2D eigenvalue weighted by Crippen LogP contribution is 2.48. The summed E-state index contributed by atoms with van der Waals surface area (Å²) in [5.41, 5.74) is 14.8. The van der Waals surface area contributed by atoms with Gasteiger partial charge in [0.15, 0.2) is 0 Å². The summed E-state index contributed by atoms with van der Waals surface area (Å²) in [6.07, 6.45) is 2.06. The lowest BCUT2D eigenvalue weighted by atomic mass is 9.99. The summed E-state index contributed by atoms with van der Waals surface area (Å²) in [6, 6.07) is 59.1. The van der Waals surface area contributed by atoms with Crippen LogP contribution >= 0.6 is 0 Å². The minimum atomic E-state index is 0.909. The van der Waals surface area contributed by atoms with Crippen molar-refractivity contribution in [1.29, 1.82) is 0 Å². The zero-order chi connectivity index (χ0) is 33.9. The van der Waals surface area contributed by atoms with E-state index in [0.717, 1.165) is 33.5 Å². The lowest BCUT2D eigenvalue weighted by Crippen LogP contribution is -1.95. The third-order valence-electron chi connectivity index (χ3n) is 11.2. The van der Waals surface area contributed by atoms with Gasteiger partial charge in [0.1, 0.15) is 11.2 Å². The van der Waals surface area contributed by atoms with Gasteiger partial charge >= 0.3 is 0 Å². The van der Waals surface area contributed by atoms with E-state index in [0.29, 0.717) is 0 Å². The Morgan fingerprint density at radius 2 is 1.10 bits per heavy atom. The van der Waals surface area contributed by atoms with Crippen LogP contribution in [0.4, 0.5) is 0 Å². The zero-order valence-corrected chi connectivity index (χ0v) is 28.0. The molecule has 0 radical (unpaired) electrons. The van der Waals surface area contributed by atoms with Gasteiger partial charge in [0, 0.05) is 55.3 Å². The molecule has 11 aromatic rings. The molecule has 0 bridgehead atoms. The van der Waals surface area contributed by atoms with Crippen LogP contribution in [-0.2, 0) is 0 Å². The number of aromatic nitrogens is 2. The number of hydrogen-bond acceptors (Lipinski definition) is 2. The van der Waals surface area contributed by atoms with Crippen LogP contribution in [-0.4, -0.2) is 9.55 Å². The molecular formula is C49H28N2O. The van der Waals surface area contributed by atoms with Gasteiger partial charge in [-0.1, -0.05) is 115 Å². The number of pyridine rings is 1. The van der Waals surface area contributed by atoms with E-state index in [1.54, 1.807) is 0 Å². The Kier molecular flexibility index (Phi) is 5.50. The lowest BCUT2D eigenvalue weighted by molar-refractivity contribution is 0.669. The van der Waals surface area contributed by atoms with Crippen molar-refractivity contribution in [3.05, 3.63) is 170 Å².